The van der Waals surface area contributed by atoms with Crippen LogP contribution in [-0.4, -0.2) is 18.1 Å². The molecule has 0 aliphatic heterocycles. The minimum absolute atomic E-state index is 1.07. The number of hydrogen-bond acceptors (Lipinski definition) is 4. The van der Waals surface area contributed by atoms with Crippen molar-refractivity contribution < 1.29 is 0 Å². The standard InChI is InChI=1S/C16H18N2S2/c1-2-7-15-14(6-1)18-16(20-15)8-3-10-17-11-9-13-5-4-12-19-13/h1-2,4-7,12,17H,3,8-11H2. The van der Waals surface area contributed by atoms with E-state index < -0.39 is 0 Å². The molecule has 2 aromatic heterocycles. The van der Waals surface area contributed by atoms with E-state index in [2.05, 4.69) is 52.1 Å². The normalized spacial score (nSPS) is 11.2. The molecule has 0 saturated heterocycles. The van der Waals surface area contributed by atoms with Crippen LogP contribution in [0.25, 0.3) is 10.2 Å². The molecule has 0 unspecified atom stereocenters. The molecule has 0 radical (unpaired) electrons. The molecule has 20 heavy (non-hydrogen) atoms. The largest absolute Gasteiger partial charge is 0.316 e. The van der Waals surface area contributed by atoms with Gasteiger partial charge >= 0.3 is 0 Å². The first-order valence-electron chi connectivity index (χ1n) is 6.99. The van der Waals surface area contributed by atoms with Crippen LogP contribution in [0.3, 0.4) is 0 Å². The third kappa shape index (κ3) is 3.66. The minimum Gasteiger partial charge on any atom is -0.316 e. The Bertz CT molecular complexity index is 610. The van der Waals surface area contributed by atoms with Crippen molar-refractivity contribution in [1.29, 1.82) is 0 Å². The van der Waals surface area contributed by atoms with Gasteiger partial charge in [-0.2, -0.15) is 0 Å². The van der Waals surface area contributed by atoms with Crippen molar-refractivity contribution in [2.45, 2.75) is 19.3 Å². The number of hydrogen-bond donors (Lipinski definition) is 1. The molecule has 104 valence electrons. The highest BCUT2D eigenvalue weighted by atomic mass is 32.1. The highest BCUT2D eigenvalue weighted by Crippen LogP contribution is 2.22. The van der Waals surface area contributed by atoms with Gasteiger partial charge in [-0.15, -0.1) is 22.7 Å². The maximum Gasteiger partial charge on any atom is 0.0939 e. The van der Waals surface area contributed by atoms with Crippen LogP contribution in [0.4, 0.5) is 0 Å². The summed E-state index contributed by atoms with van der Waals surface area (Å²) in [5, 5.41) is 6.91. The zero-order valence-electron chi connectivity index (χ0n) is 11.3. The topological polar surface area (TPSA) is 24.9 Å². The molecule has 0 amide bonds. The summed E-state index contributed by atoms with van der Waals surface area (Å²) in [6.07, 6.45) is 3.37. The van der Waals surface area contributed by atoms with E-state index in [0.717, 1.165) is 37.9 Å². The Labute approximate surface area is 127 Å². The first-order chi connectivity index (χ1) is 9.92. The van der Waals surface area contributed by atoms with Crippen molar-refractivity contribution in [1.82, 2.24) is 10.3 Å². The highest BCUT2D eigenvalue weighted by molar-refractivity contribution is 7.18. The van der Waals surface area contributed by atoms with Crippen molar-refractivity contribution in [2.75, 3.05) is 13.1 Å². The summed E-state index contributed by atoms with van der Waals surface area (Å²) < 4.78 is 1.30. The molecule has 0 aliphatic rings. The Kier molecular flexibility index (Phi) is 4.79. The lowest BCUT2D eigenvalue weighted by atomic mass is 10.3. The van der Waals surface area contributed by atoms with Crippen molar-refractivity contribution in [2.24, 2.45) is 0 Å². The Morgan fingerprint density at radius 3 is 2.80 bits per heavy atom. The summed E-state index contributed by atoms with van der Waals surface area (Å²) in [6, 6.07) is 12.7. The van der Waals surface area contributed by atoms with E-state index in [9.17, 15) is 0 Å². The zero-order chi connectivity index (χ0) is 13.6. The van der Waals surface area contributed by atoms with Crippen LogP contribution in [0.1, 0.15) is 16.3 Å². The fourth-order valence-electron chi connectivity index (χ4n) is 2.18. The van der Waals surface area contributed by atoms with Gasteiger partial charge < -0.3 is 5.32 Å². The van der Waals surface area contributed by atoms with Crippen molar-refractivity contribution in [3.8, 4) is 0 Å². The van der Waals surface area contributed by atoms with Crippen LogP contribution in [0.2, 0.25) is 0 Å². The number of nitrogens with zero attached hydrogens (tertiary/aromatic N) is 1. The average molecular weight is 302 g/mol. The van der Waals surface area contributed by atoms with Crippen LogP contribution in [0.5, 0.6) is 0 Å². The van der Waals surface area contributed by atoms with Crippen LogP contribution >= 0.6 is 22.7 Å². The molecule has 0 saturated carbocycles. The van der Waals surface area contributed by atoms with E-state index in [1.807, 2.05) is 22.7 Å². The van der Waals surface area contributed by atoms with Gasteiger partial charge in [0.05, 0.1) is 15.2 Å². The Morgan fingerprint density at radius 1 is 1.00 bits per heavy atom. The highest BCUT2D eigenvalue weighted by Gasteiger charge is 2.02. The molecular weight excluding hydrogens is 284 g/mol. The van der Waals surface area contributed by atoms with Gasteiger partial charge in [0.1, 0.15) is 0 Å². The summed E-state index contributed by atoms with van der Waals surface area (Å²) in [4.78, 5) is 6.13. The van der Waals surface area contributed by atoms with Gasteiger partial charge in [0.15, 0.2) is 0 Å². The molecule has 2 nitrogen and oxygen atoms in total. The van der Waals surface area contributed by atoms with E-state index in [1.54, 1.807) is 0 Å². The monoisotopic (exact) mass is 302 g/mol. The number of thiazole rings is 1. The smallest absolute Gasteiger partial charge is 0.0939 e. The van der Waals surface area contributed by atoms with Gasteiger partial charge in [0.25, 0.3) is 0 Å². The molecule has 1 N–H and O–H groups in total. The van der Waals surface area contributed by atoms with Crippen LogP contribution in [-0.2, 0) is 12.8 Å². The van der Waals surface area contributed by atoms with Gasteiger partial charge in [-0.05, 0) is 49.5 Å². The maximum atomic E-state index is 4.66. The Morgan fingerprint density at radius 2 is 1.95 bits per heavy atom. The molecule has 3 aromatic rings. The molecule has 1 aromatic carbocycles. The van der Waals surface area contributed by atoms with E-state index >= 15 is 0 Å². The molecule has 4 heteroatoms. The molecule has 0 bridgehead atoms. The van der Waals surface area contributed by atoms with Crippen molar-refractivity contribution in [3.05, 3.63) is 51.7 Å². The number of aromatic nitrogens is 1. The van der Waals surface area contributed by atoms with Gasteiger partial charge in [-0.1, -0.05) is 18.2 Å². The van der Waals surface area contributed by atoms with E-state index in [-0.39, 0.29) is 0 Å². The lowest BCUT2D eigenvalue weighted by molar-refractivity contribution is 0.649. The molecule has 2 heterocycles. The molecule has 0 spiro atoms. The Balaban J connectivity index is 1.37. The summed E-state index contributed by atoms with van der Waals surface area (Å²) in [5.74, 6) is 0. The van der Waals surface area contributed by atoms with Gasteiger partial charge in [0.2, 0.25) is 0 Å². The number of aryl methyl sites for hydroxylation is 1. The van der Waals surface area contributed by atoms with E-state index in [4.69, 9.17) is 0 Å². The number of rotatable bonds is 7. The molecule has 0 atom stereocenters. The Hall–Kier alpha value is -1.23. The maximum absolute atomic E-state index is 4.66. The van der Waals surface area contributed by atoms with Gasteiger partial charge in [0, 0.05) is 11.3 Å². The van der Waals surface area contributed by atoms with Crippen LogP contribution < -0.4 is 5.32 Å². The van der Waals surface area contributed by atoms with E-state index in [1.165, 1.54) is 14.6 Å². The second-order valence-corrected chi connectivity index (χ2v) is 6.91. The summed E-state index contributed by atoms with van der Waals surface area (Å²) in [7, 11) is 0. The summed E-state index contributed by atoms with van der Waals surface area (Å²) in [5.41, 5.74) is 1.14. The number of benzene rings is 1. The lowest BCUT2D eigenvalue weighted by Crippen LogP contribution is -2.18. The summed E-state index contributed by atoms with van der Waals surface area (Å²) >= 11 is 3.66. The predicted molar refractivity (Wildman–Crippen MR) is 88.8 cm³/mol. The minimum atomic E-state index is 1.07. The summed E-state index contributed by atoms with van der Waals surface area (Å²) in [6.45, 7) is 2.14. The second kappa shape index (κ2) is 6.97. The van der Waals surface area contributed by atoms with Crippen LogP contribution in [0, 0.1) is 0 Å². The predicted octanol–water partition coefficient (Wildman–Crippen LogP) is 4.12. The molecule has 3 rings (SSSR count). The van der Waals surface area contributed by atoms with E-state index in [0.29, 0.717) is 0 Å². The number of thiophene rings is 1. The third-order valence-electron chi connectivity index (χ3n) is 3.21. The van der Waals surface area contributed by atoms with Gasteiger partial charge in [-0.25, -0.2) is 4.98 Å². The SMILES string of the molecule is c1csc(CCNCCCc2nc3ccccc3s2)c1. The quantitative estimate of drug-likeness (QED) is 0.664. The molecule has 0 aliphatic carbocycles. The third-order valence-corrected chi connectivity index (χ3v) is 5.24. The number of fused-ring (bicyclic) bond motifs is 1. The fourth-order valence-corrected chi connectivity index (χ4v) is 3.90. The van der Waals surface area contributed by atoms with Crippen molar-refractivity contribution in [3.63, 3.8) is 0 Å². The first kappa shape index (κ1) is 13.7. The number of nitrogens with one attached hydrogen (secondary N) is 1. The second-order valence-electron chi connectivity index (χ2n) is 4.76. The van der Waals surface area contributed by atoms with Crippen LogP contribution in [0.15, 0.2) is 41.8 Å². The number of para-hydroxylation sites is 1. The zero-order valence-corrected chi connectivity index (χ0v) is 13.0. The van der Waals surface area contributed by atoms with Gasteiger partial charge in [-0.3, -0.25) is 0 Å². The first-order valence-corrected chi connectivity index (χ1v) is 8.69. The average Bonchev–Trinajstić information content (AvgIpc) is 3.11. The lowest BCUT2D eigenvalue weighted by Gasteiger charge is -2.02. The molecular formula is C16H18N2S2. The fraction of sp³-hybridized carbons (Fsp3) is 0.312. The van der Waals surface area contributed by atoms with Crippen molar-refractivity contribution >= 4 is 32.9 Å². The molecule has 0 fully saturated rings.